The van der Waals surface area contributed by atoms with Crippen molar-refractivity contribution >= 4 is 7.82 Å². The van der Waals surface area contributed by atoms with Crippen LogP contribution in [0.5, 0.6) is 0 Å². The van der Waals surface area contributed by atoms with Crippen molar-refractivity contribution in [2.24, 2.45) is 10.8 Å². The summed E-state index contributed by atoms with van der Waals surface area (Å²) in [4.78, 5) is 9.93. The molecule has 1 N–H and O–H groups in total. The molecule has 2 saturated heterocycles. The standard InChI is InChI=1S/C26H51O8P/c1-25(2,21-31-23-13-5-9-17-29-23)15-7-11-19-33-35(27,28)34-20-12-8-16-26(3,4)22-32-24-14-6-10-18-30-24/h23-24H,5-22H2,1-4H3,(H,27,28). The maximum absolute atomic E-state index is 12.1. The van der Waals surface area contributed by atoms with Crippen molar-refractivity contribution in [3.8, 4) is 0 Å². The van der Waals surface area contributed by atoms with E-state index in [2.05, 4.69) is 27.7 Å². The van der Waals surface area contributed by atoms with E-state index in [0.717, 1.165) is 77.4 Å². The molecule has 0 radical (unpaired) electrons. The molecule has 2 atom stereocenters. The number of ether oxygens (including phenoxy) is 4. The lowest BCUT2D eigenvalue weighted by Gasteiger charge is -2.29. The first-order chi connectivity index (χ1) is 16.6. The maximum Gasteiger partial charge on any atom is 0.472 e. The normalized spacial score (nSPS) is 23.8. The minimum absolute atomic E-state index is 0.0302. The highest BCUT2D eigenvalue weighted by Crippen LogP contribution is 2.43. The smallest absolute Gasteiger partial charge is 0.353 e. The van der Waals surface area contributed by atoms with Crippen LogP contribution in [0.2, 0.25) is 0 Å². The molecule has 9 heteroatoms. The second-order valence-corrected chi connectivity index (χ2v) is 13.0. The third-order valence-electron chi connectivity index (χ3n) is 6.60. The van der Waals surface area contributed by atoms with Gasteiger partial charge in [0, 0.05) is 13.2 Å². The molecule has 2 fully saturated rings. The van der Waals surface area contributed by atoms with E-state index in [1.165, 1.54) is 0 Å². The molecular formula is C26H51O8P. The van der Waals surface area contributed by atoms with Crippen LogP contribution in [0.3, 0.4) is 0 Å². The average molecular weight is 523 g/mol. The van der Waals surface area contributed by atoms with Crippen LogP contribution >= 0.6 is 7.82 Å². The van der Waals surface area contributed by atoms with Crippen LogP contribution in [0.1, 0.15) is 105 Å². The molecule has 8 nitrogen and oxygen atoms in total. The summed E-state index contributed by atoms with van der Waals surface area (Å²) in [7, 11) is -4.00. The SMILES string of the molecule is CC(C)(CCCCOP(=O)(O)OCCCCC(C)(C)COC1CCCCO1)COC1CCCCO1. The molecule has 0 spiro atoms. The topological polar surface area (TPSA) is 92.7 Å². The second-order valence-electron chi connectivity index (χ2n) is 11.6. The van der Waals surface area contributed by atoms with Gasteiger partial charge in [0.15, 0.2) is 12.6 Å². The summed E-state index contributed by atoms with van der Waals surface area (Å²) in [5.74, 6) is 0. The number of hydrogen-bond acceptors (Lipinski definition) is 7. The number of hydrogen-bond donors (Lipinski definition) is 1. The molecule has 2 aliphatic rings. The first-order valence-corrected chi connectivity index (χ1v) is 15.1. The Morgan fingerprint density at radius 1 is 0.743 bits per heavy atom. The van der Waals surface area contributed by atoms with Gasteiger partial charge in [-0.1, -0.05) is 40.5 Å². The van der Waals surface area contributed by atoms with Gasteiger partial charge in [-0.3, -0.25) is 9.05 Å². The van der Waals surface area contributed by atoms with Gasteiger partial charge in [-0.15, -0.1) is 0 Å². The van der Waals surface area contributed by atoms with E-state index in [0.29, 0.717) is 26.1 Å². The number of phosphoric ester groups is 1. The van der Waals surface area contributed by atoms with Gasteiger partial charge in [-0.25, -0.2) is 4.57 Å². The Bertz CT molecular complexity index is 552. The Kier molecular flexibility index (Phi) is 14.3. The zero-order valence-electron chi connectivity index (χ0n) is 22.6. The Labute approximate surface area is 213 Å². The minimum atomic E-state index is -4.00. The molecule has 2 aliphatic heterocycles. The van der Waals surface area contributed by atoms with E-state index in [4.69, 9.17) is 28.0 Å². The summed E-state index contributed by atoms with van der Waals surface area (Å²) in [6, 6.07) is 0. The molecule has 208 valence electrons. The predicted octanol–water partition coefficient (Wildman–Crippen LogP) is 6.60. The number of rotatable bonds is 18. The Balaban J connectivity index is 1.47. The molecule has 0 aliphatic carbocycles. The van der Waals surface area contributed by atoms with Crippen molar-refractivity contribution in [1.29, 1.82) is 0 Å². The molecule has 0 aromatic carbocycles. The molecule has 2 rings (SSSR count). The molecular weight excluding hydrogens is 471 g/mol. The molecule has 2 unspecified atom stereocenters. The molecule has 35 heavy (non-hydrogen) atoms. The van der Waals surface area contributed by atoms with Gasteiger partial charge in [0.2, 0.25) is 0 Å². The monoisotopic (exact) mass is 522 g/mol. The second kappa shape index (κ2) is 16.0. The summed E-state index contributed by atoms with van der Waals surface area (Å²) in [6.45, 7) is 12.0. The number of unbranched alkanes of at least 4 members (excludes halogenated alkanes) is 2. The third kappa shape index (κ3) is 15.1. The van der Waals surface area contributed by atoms with Crippen molar-refractivity contribution in [2.75, 3.05) is 39.6 Å². The number of phosphoric acid groups is 1. The lowest BCUT2D eigenvalue weighted by molar-refractivity contribution is -0.176. The van der Waals surface area contributed by atoms with Gasteiger partial charge in [0.25, 0.3) is 0 Å². The summed E-state index contributed by atoms with van der Waals surface area (Å²) in [5.41, 5.74) is 0.0604. The summed E-state index contributed by atoms with van der Waals surface area (Å²) in [5, 5.41) is 0. The summed E-state index contributed by atoms with van der Waals surface area (Å²) < 4.78 is 45.5. The molecule has 0 saturated carbocycles. The van der Waals surface area contributed by atoms with Crippen LogP contribution in [0.25, 0.3) is 0 Å². The fourth-order valence-corrected chi connectivity index (χ4v) is 5.07. The van der Waals surface area contributed by atoms with E-state index < -0.39 is 7.82 Å². The third-order valence-corrected chi connectivity index (χ3v) is 7.62. The highest BCUT2D eigenvalue weighted by atomic mass is 31.2. The molecule has 2 heterocycles. The van der Waals surface area contributed by atoms with Gasteiger partial charge in [0.1, 0.15) is 0 Å². The van der Waals surface area contributed by atoms with Crippen molar-refractivity contribution in [3.63, 3.8) is 0 Å². The quantitative estimate of drug-likeness (QED) is 0.159. The van der Waals surface area contributed by atoms with Crippen LogP contribution in [-0.2, 0) is 32.6 Å². The van der Waals surface area contributed by atoms with Gasteiger partial charge >= 0.3 is 7.82 Å². The predicted molar refractivity (Wildman–Crippen MR) is 136 cm³/mol. The first-order valence-electron chi connectivity index (χ1n) is 13.7. The summed E-state index contributed by atoms with van der Waals surface area (Å²) in [6.07, 6.45) is 11.5. The van der Waals surface area contributed by atoms with Gasteiger partial charge < -0.3 is 23.8 Å². The van der Waals surface area contributed by atoms with Crippen molar-refractivity contribution < 1.29 is 37.5 Å². The highest BCUT2D eigenvalue weighted by molar-refractivity contribution is 7.47. The van der Waals surface area contributed by atoms with Crippen LogP contribution in [0, 0.1) is 10.8 Å². The van der Waals surface area contributed by atoms with E-state index in [-0.39, 0.29) is 36.6 Å². The van der Waals surface area contributed by atoms with Gasteiger partial charge in [0.05, 0.1) is 26.4 Å². The zero-order chi connectivity index (χ0) is 25.6. The molecule has 0 bridgehead atoms. The maximum atomic E-state index is 12.1. The van der Waals surface area contributed by atoms with Crippen molar-refractivity contribution in [1.82, 2.24) is 0 Å². The Hall–Kier alpha value is -0.0500. The van der Waals surface area contributed by atoms with Gasteiger partial charge in [-0.05, 0) is 75.0 Å². The van der Waals surface area contributed by atoms with Crippen LogP contribution in [0.4, 0.5) is 0 Å². The van der Waals surface area contributed by atoms with Gasteiger partial charge in [-0.2, -0.15) is 0 Å². The fraction of sp³-hybridized carbons (Fsp3) is 1.00. The van der Waals surface area contributed by atoms with E-state index >= 15 is 0 Å². The first kappa shape index (κ1) is 31.2. The van der Waals surface area contributed by atoms with Crippen LogP contribution < -0.4 is 0 Å². The molecule has 0 aromatic heterocycles. The van der Waals surface area contributed by atoms with E-state index in [1.54, 1.807) is 0 Å². The zero-order valence-corrected chi connectivity index (χ0v) is 23.5. The highest BCUT2D eigenvalue weighted by Gasteiger charge is 2.25. The molecule has 0 amide bonds. The van der Waals surface area contributed by atoms with E-state index in [9.17, 15) is 9.46 Å². The molecule has 0 aromatic rings. The average Bonchev–Trinajstić information content (AvgIpc) is 2.82. The van der Waals surface area contributed by atoms with Crippen molar-refractivity contribution in [3.05, 3.63) is 0 Å². The van der Waals surface area contributed by atoms with Crippen LogP contribution in [-0.4, -0.2) is 57.1 Å². The lowest BCUT2D eigenvalue weighted by atomic mass is 9.88. The van der Waals surface area contributed by atoms with Crippen molar-refractivity contribution in [2.45, 2.75) is 117 Å². The fourth-order valence-electron chi connectivity index (χ4n) is 4.27. The largest absolute Gasteiger partial charge is 0.472 e. The van der Waals surface area contributed by atoms with E-state index in [1.807, 2.05) is 0 Å². The van der Waals surface area contributed by atoms with Crippen LogP contribution in [0.15, 0.2) is 0 Å². The Morgan fingerprint density at radius 2 is 1.17 bits per heavy atom. The summed E-state index contributed by atoms with van der Waals surface area (Å²) >= 11 is 0. The minimum Gasteiger partial charge on any atom is -0.353 e. The Morgan fingerprint density at radius 3 is 1.54 bits per heavy atom. The lowest BCUT2D eigenvalue weighted by Crippen LogP contribution is -2.28.